The molecule has 0 bridgehead atoms. The monoisotopic (exact) mass is 755 g/mol. The van der Waals surface area contributed by atoms with Gasteiger partial charge in [0.05, 0.1) is 89.5 Å². The van der Waals surface area contributed by atoms with Crippen molar-refractivity contribution in [2.75, 3.05) is 91.2 Å². The van der Waals surface area contributed by atoms with Crippen LogP contribution in [0.5, 0.6) is 0 Å². The van der Waals surface area contributed by atoms with Gasteiger partial charge in [-0.05, 0) is 36.8 Å². The quantitative estimate of drug-likeness (QED) is 0.0545. The van der Waals surface area contributed by atoms with Crippen LogP contribution in [0, 0.1) is 0 Å². The van der Waals surface area contributed by atoms with E-state index in [0.29, 0.717) is 71.8 Å². The fraction of sp³-hybridized carbons (Fsp3) is 0.683. The van der Waals surface area contributed by atoms with Crippen molar-refractivity contribution < 1.29 is 51.1 Å². The Labute approximate surface area is 315 Å². The Bertz CT molecular complexity index is 1170. The van der Waals surface area contributed by atoms with Gasteiger partial charge in [0.25, 0.3) is 0 Å². The topological polar surface area (TPSA) is 93.7 Å². The third-order valence-corrected chi connectivity index (χ3v) is 8.33. The van der Waals surface area contributed by atoms with Crippen molar-refractivity contribution in [1.29, 1.82) is 0 Å². The SMILES string of the molecule is CCCCCCCCCCCCCCCOCCOCCOCCOCCOCCOCCOC(=O)c1ccccc1Nc1cccc(C(F)(F)F)c1. The van der Waals surface area contributed by atoms with Crippen LogP contribution in [0.1, 0.15) is 106 Å². The summed E-state index contributed by atoms with van der Waals surface area (Å²) in [7, 11) is 0. The first-order chi connectivity index (χ1) is 25.9. The average Bonchev–Trinajstić information content (AvgIpc) is 3.15. The maximum Gasteiger partial charge on any atom is 0.416 e. The molecule has 9 nitrogen and oxygen atoms in total. The van der Waals surface area contributed by atoms with Crippen molar-refractivity contribution in [3.63, 3.8) is 0 Å². The van der Waals surface area contributed by atoms with Gasteiger partial charge >= 0.3 is 12.1 Å². The third-order valence-electron chi connectivity index (χ3n) is 8.33. The smallest absolute Gasteiger partial charge is 0.416 e. The maximum absolute atomic E-state index is 13.1. The highest BCUT2D eigenvalue weighted by atomic mass is 19.4. The van der Waals surface area contributed by atoms with Crippen LogP contribution >= 0.6 is 0 Å². The number of carbonyl (C=O) groups excluding carboxylic acids is 1. The lowest BCUT2D eigenvalue weighted by Gasteiger charge is -2.13. The first-order valence-corrected chi connectivity index (χ1v) is 19.6. The maximum atomic E-state index is 13.1. The van der Waals surface area contributed by atoms with E-state index in [2.05, 4.69) is 12.2 Å². The summed E-state index contributed by atoms with van der Waals surface area (Å²) < 4.78 is 77.6. The molecule has 0 fully saturated rings. The first kappa shape index (κ1) is 46.4. The number of anilines is 2. The zero-order chi connectivity index (χ0) is 38.1. The minimum absolute atomic E-state index is 0.0121. The highest BCUT2D eigenvalue weighted by Crippen LogP contribution is 2.32. The van der Waals surface area contributed by atoms with E-state index >= 15 is 0 Å². The molecule has 0 unspecified atom stereocenters. The zero-order valence-electron chi connectivity index (χ0n) is 31.9. The van der Waals surface area contributed by atoms with Gasteiger partial charge in [-0.15, -0.1) is 0 Å². The van der Waals surface area contributed by atoms with Gasteiger partial charge in [0.1, 0.15) is 6.61 Å². The molecule has 0 saturated heterocycles. The van der Waals surface area contributed by atoms with Crippen molar-refractivity contribution in [2.24, 2.45) is 0 Å². The minimum Gasteiger partial charge on any atom is -0.460 e. The zero-order valence-corrected chi connectivity index (χ0v) is 31.9. The van der Waals surface area contributed by atoms with Crippen LogP contribution in [0.25, 0.3) is 0 Å². The fourth-order valence-electron chi connectivity index (χ4n) is 5.39. The molecular weight excluding hydrogens is 691 g/mol. The minimum atomic E-state index is -4.47. The van der Waals surface area contributed by atoms with Gasteiger partial charge < -0.3 is 38.5 Å². The molecule has 2 aromatic carbocycles. The summed E-state index contributed by atoms with van der Waals surface area (Å²) in [5.41, 5.74) is -0.0529. The van der Waals surface area contributed by atoms with Gasteiger partial charge in [0.15, 0.2) is 0 Å². The van der Waals surface area contributed by atoms with Crippen LogP contribution < -0.4 is 5.32 Å². The lowest BCUT2D eigenvalue weighted by atomic mass is 10.0. The molecule has 53 heavy (non-hydrogen) atoms. The van der Waals surface area contributed by atoms with Crippen molar-refractivity contribution in [2.45, 2.75) is 96.6 Å². The molecule has 1 N–H and O–H groups in total. The normalized spacial score (nSPS) is 11.6. The summed E-state index contributed by atoms with van der Waals surface area (Å²) in [6, 6.07) is 11.2. The number of benzene rings is 2. The molecule has 0 saturated carbocycles. The van der Waals surface area contributed by atoms with Gasteiger partial charge in [0.2, 0.25) is 0 Å². The molecule has 0 radical (unpaired) electrons. The van der Waals surface area contributed by atoms with E-state index in [1.807, 2.05) is 0 Å². The van der Waals surface area contributed by atoms with Gasteiger partial charge in [-0.3, -0.25) is 0 Å². The Morgan fingerprint density at radius 2 is 0.962 bits per heavy atom. The van der Waals surface area contributed by atoms with E-state index in [1.165, 1.54) is 95.2 Å². The second-order valence-electron chi connectivity index (χ2n) is 12.8. The molecular formula is C41H64F3NO8. The predicted molar refractivity (Wildman–Crippen MR) is 202 cm³/mol. The van der Waals surface area contributed by atoms with Crippen LogP contribution in [0.4, 0.5) is 24.5 Å². The van der Waals surface area contributed by atoms with Crippen molar-refractivity contribution in [1.82, 2.24) is 0 Å². The second kappa shape index (κ2) is 31.6. The molecule has 0 aliphatic heterocycles. The van der Waals surface area contributed by atoms with Gasteiger partial charge in [0, 0.05) is 12.3 Å². The van der Waals surface area contributed by atoms with Crippen molar-refractivity contribution in [3.05, 3.63) is 59.7 Å². The summed E-state index contributed by atoms with van der Waals surface area (Å²) in [6.45, 7) is 7.95. The number of halogens is 3. The van der Waals surface area contributed by atoms with E-state index in [4.69, 9.17) is 33.2 Å². The number of alkyl halides is 3. The number of esters is 1. The highest BCUT2D eigenvalue weighted by Gasteiger charge is 2.30. The molecule has 2 aromatic rings. The molecule has 0 amide bonds. The van der Waals surface area contributed by atoms with Gasteiger partial charge in [-0.1, -0.05) is 102 Å². The molecule has 302 valence electrons. The number of hydrogen-bond acceptors (Lipinski definition) is 9. The third kappa shape index (κ3) is 25.1. The van der Waals surface area contributed by atoms with E-state index in [9.17, 15) is 18.0 Å². The number of rotatable bonds is 35. The van der Waals surface area contributed by atoms with Crippen LogP contribution in [-0.2, 0) is 39.3 Å². The van der Waals surface area contributed by atoms with Crippen LogP contribution in [0.3, 0.4) is 0 Å². The number of carbonyl (C=O) groups is 1. The summed E-state index contributed by atoms with van der Waals surface area (Å²) in [5, 5.41) is 2.87. The Hall–Kier alpha value is -2.74. The number of hydrogen-bond donors (Lipinski definition) is 1. The summed E-state index contributed by atoms with van der Waals surface area (Å²) in [6.07, 6.45) is 13.1. The van der Waals surface area contributed by atoms with E-state index < -0.39 is 17.7 Å². The largest absolute Gasteiger partial charge is 0.460 e. The Kier molecular flexibility index (Phi) is 27.7. The van der Waals surface area contributed by atoms with E-state index in [-0.39, 0.29) is 24.5 Å². The molecule has 0 atom stereocenters. The van der Waals surface area contributed by atoms with E-state index in [0.717, 1.165) is 25.2 Å². The van der Waals surface area contributed by atoms with Gasteiger partial charge in [-0.2, -0.15) is 13.2 Å². The molecule has 0 heterocycles. The Balaban J connectivity index is 1.30. The number of unbranched alkanes of at least 4 members (excludes halogenated alkanes) is 12. The first-order valence-electron chi connectivity index (χ1n) is 19.6. The van der Waals surface area contributed by atoms with Crippen LogP contribution in [0.15, 0.2) is 48.5 Å². The lowest BCUT2D eigenvalue weighted by molar-refractivity contribution is -0.137. The van der Waals surface area contributed by atoms with Crippen LogP contribution in [0.2, 0.25) is 0 Å². The lowest BCUT2D eigenvalue weighted by Crippen LogP contribution is -2.15. The summed E-state index contributed by atoms with van der Waals surface area (Å²) in [4.78, 5) is 12.6. The van der Waals surface area contributed by atoms with Gasteiger partial charge in [-0.25, -0.2) is 4.79 Å². The molecule has 0 aliphatic carbocycles. The fourth-order valence-corrected chi connectivity index (χ4v) is 5.39. The number of ether oxygens (including phenoxy) is 7. The predicted octanol–water partition coefficient (Wildman–Crippen LogP) is 9.80. The molecule has 2 rings (SSSR count). The molecule has 0 spiro atoms. The Morgan fingerprint density at radius 3 is 1.45 bits per heavy atom. The second-order valence-corrected chi connectivity index (χ2v) is 12.8. The Morgan fingerprint density at radius 1 is 0.528 bits per heavy atom. The van der Waals surface area contributed by atoms with Crippen molar-refractivity contribution >= 4 is 17.3 Å². The number of para-hydroxylation sites is 1. The molecule has 0 aliphatic rings. The standard InChI is InChI=1S/C41H64F3NO8/c1-2-3-4-5-6-7-8-9-10-11-12-13-16-22-47-23-24-48-25-26-49-27-28-50-29-30-51-31-32-52-33-34-53-40(46)38-20-14-15-21-39(38)45-37-19-17-18-36(35-37)41(42,43)44/h14-15,17-21,35,45H,2-13,16,22-34H2,1H3. The summed E-state index contributed by atoms with van der Waals surface area (Å²) >= 11 is 0. The van der Waals surface area contributed by atoms with Crippen LogP contribution in [-0.4, -0.2) is 91.9 Å². The molecule has 0 aromatic heterocycles. The van der Waals surface area contributed by atoms with Crippen molar-refractivity contribution in [3.8, 4) is 0 Å². The summed E-state index contributed by atoms with van der Waals surface area (Å²) in [5.74, 6) is -0.617. The highest BCUT2D eigenvalue weighted by molar-refractivity contribution is 5.96. The van der Waals surface area contributed by atoms with E-state index in [1.54, 1.807) is 18.2 Å². The average molecular weight is 756 g/mol. The number of nitrogens with one attached hydrogen (secondary N) is 1. The molecule has 12 heteroatoms.